The summed E-state index contributed by atoms with van der Waals surface area (Å²) in [6.45, 7) is 2.89. The van der Waals surface area contributed by atoms with Crippen molar-refractivity contribution in [2.75, 3.05) is 41.8 Å². The van der Waals surface area contributed by atoms with Gasteiger partial charge >= 0.3 is 17.8 Å². The third-order valence-corrected chi connectivity index (χ3v) is 4.41. The Bertz CT molecular complexity index is 1000. The van der Waals surface area contributed by atoms with Crippen LogP contribution in [0.15, 0.2) is 53.1 Å². The van der Waals surface area contributed by atoms with Gasteiger partial charge in [-0.15, -0.1) is 5.10 Å². The Morgan fingerprint density at radius 1 is 1.00 bits per heavy atom. The fourth-order valence-electron chi connectivity index (χ4n) is 2.93. The molecule has 1 aromatic carbocycles. The van der Waals surface area contributed by atoms with Gasteiger partial charge in [-0.05, 0) is 17.7 Å². The fraction of sp³-hybridized carbons (Fsp3) is 0.250. The molecule has 2 amide bonds. The van der Waals surface area contributed by atoms with Crippen LogP contribution in [0.4, 0.5) is 17.5 Å². The predicted octanol–water partition coefficient (Wildman–Crippen LogP) is 1.73. The van der Waals surface area contributed by atoms with E-state index in [-0.39, 0.29) is 24.2 Å². The smallest absolute Gasteiger partial charge is 0.322 e. The molecule has 10 heteroatoms. The van der Waals surface area contributed by atoms with E-state index in [0.29, 0.717) is 18.9 Å². The van der Waals surface area contributed by atoms with Crippen molar-refractivity contribution in [2.45, 2.75) is 6.42 Å². The number of carbonyl (C=O) groups is 2. The number of hydrogen-bond donors (Lipinski definition) is 2. The molecule has 0 aliphatic carbocycles. The van der Waals surface area contributed by atoms with E-state index < -0.39 is 5.91 Å². The first-order valence-electron chi connectivity index (χ1n) is 9.45. The maximum Gasteiger partial charge on any atom is 0.322 e. The zero-order valence-electron chi connectivity index (χ0n) is 16.1. The topological polar surface area (TPSA) is 122 Å². The quantitative estimate of drug-likeness (QED) is 0.632. The van der Waals surface area contributed by atoms with E-state index in [1.54, 1.807) is 12.3 Å². The number of benzene rings is 1. The van der Waals surface area contributed by atoms with Gasteiger partial charge in [0, 0.05) is 13.1 Å². The van der Waals surface area contributed by atoms with Gasteiger partial charge in [-0.3, -0.25) is 14.9 Å². The third kappa shape index (κ3) is 4.97. The first-order valence-corrected chi connectivity index (χ1v) is 9.45. The van der Waals surface area contributed by atoms with E-state index in [1.165, 1.54) is 0 Å². The summed E-state index contributed by atoms with van der Waals surface area (Å²) in [5, 5.41) is 12.5. The molecule has 1 aliphatic heterocycles. The van der Waals surface area contributed by atoms with E-state index in [4.69, 9.17) is 9.15 Å². The largest absolute Gasteiger partial charge is 0.399 e. The highest BCUT2D eigenvalue weighted by atomic mass is 16.5. The molecule has 10 nitrogen and oxygen atoms in total. The summed E-state index contributed by atoms with van der Waals surface area (Å²) in [6, 6.07) is 12.7. The van der Waals surface area contributed by atoms with Crippen LogP contribution in [-0.2, 0) is 16.0 Å². The van der Waals surface area contributed by atoms with Gasteiger partial charge in [-0.25, -0.2) is 4.98 Å². The number of hydrogen-bond acceptors (Lipinski definition) is 8. The second-order valence-electron chi connectivity index (χ2n) is 6.58. The van der Waals surface area contributed by atoms with Gasteiger partial charge in [0.15, 0.2) is 0 Å². The lowest BCUT2D eigenvalue weighted by atomic mass is 10.1. The van der Waals surface area contributed by atoms with Gasteiger partial charge in [0.1, 0.15) is 5.82 Å². The molecule has 0 saturated carbocycles. The summed E-state index contributed by atoms with van der Waals surface area (Å²) < 4.78 is 10.6. The van der Waals surface area contributed by atoms with Gasteiger partial charge in [0.05, 0.1) is 31.5 Å². The number of anilines is 3. The summed E-state index contributed by atoms with van der Waals surface area (Å²) in [4.78, 5) is 30.8. The molecule has 1 saturated heterocycles. The summed E-state index contributed by atoms with van der Waals surface area (Å²) in [5.41, 5.74) is 1.34. The second-order valence-corrected chi connectivity index (χ2v) is 6.58. The average Bonchev–Trinajstić information content (AvgIpc) is 3.24. The molecule has 30 heavy (non-hydrogen) atoms. The van der Waals surface area contributed by atoms with Crippen LogP contribution >= 0.6 is 0 Å². The number of nitrogens with zero attached hydrogens (tertiary/aromatic N) is 4. The summed E-state index contributed by atoms with van der Waals surface area (Å²) in [7, 11) is 0. The van der Waals surface area contributed by atoms with Crippen molar-refractivity contribution in [3.05, 3.63) is 60.1 Å². The maximum atomic E-state index is 12.3. The molecule has 3 heterocycles. The minimum atomic E-state index is -0.591. The van der Waals surface area contributed by atoms with Crippen LogP contribution < -0.4 is 15.5 Å². The third-order valence-electron chi connectivity index (χ3n) is 4.41. The minimum absolute atomic E-state index is 0.137. The SMILES string of the molecule is O=C(Cc1ccccc1)Nc1nnc(C(=O)Nc2ccc(N3CCOCC3)nc2)o1. The van der Waals surface area contributed by atoms with Gasteiger partial charge in [0.2, 0.25) is 5.91 Å². The van der Waals surface area contributed by atoms with Gasteiger partial charge < -0.3 is 19.4 Å². The first kappa shape index (κ1) is 19.5. The molecule has 0 bridgehead atoms. The van der Waals surface area contributed by atoms with E-state index in [9.17, 15) is 9.59 Å². The first-order chi connectivity index (χ1) is 14.7. The Labute approximate surface area is 172 Å². The van der Waals surface area contributed by atoms with E-state index in [0.717, 1.165) is 24.5 Å². The van der Waals surface area contributed by atoms with Crippen molar-refractivity contribution in [1.29, 1.82) is 0 Å². The normalized spacial score (nSPS) is 13.7. The number of nitrogens with one attached hydrogen (secondary N) is 2. The Balaban J connectivity index is 1.32. The van der Waals surface area contributed by atoms with Crippen molar-refractivity contribution in [1.82, 2.24) is 15.2 Å². The maximum absolute atomic E-state index is 12.3. The van der Waals surface area contributed by atoms with Crippen LogP contribution in [-0.4, -0.2) is 53.3 Å². The number of ether oxygens (including phenoxy) is 1. The zero-order chi connectivity index (χ0) is 20.8. The molecular formula is C20H20N6O4. The number of amides is 2. The standard InChI is InChI=1S/C20H20N6O4/c27-17(12-14-4-2-1-3-5-14)23-20-25-24-19(30-20)18(28)22-15-6-7-16(21-13-15)26-8-10-29-11-9-26/h1-7,13H,8-12H2,(H,22,28)(H,23,25,27). The molecule has 0 spiro atoms. The Kier molecular flexibility index (Phi) is 5.95. The van der Waals surface area contributed by atoms with Gasteiger partial charge in [0.25, 0.3) is 0 Å². The lowest BCUT2D eigenvalue weighted by molar-refractivity contribution is -0.115. The van der Waals surface area contributed by atoms with Crippen LogP contribution in [0.1, 0.15) is 16.2 Å². The molecule has 0 unspecified atom stereocenters. The lowest BCUT2D eigenvalue weighted by Crippen LogP contribution is -2.36. The lowest BCUT2D eigenvalue weighted by Gasteiger charge is -2.27. The summed E-state index contributed by atoms with van der Waals surface area (Å²) >= 11 is 0. The van der Waals surface area contributed by atoms with E-state index >= 15 is 0 Å². The Hall–Kier alpha value is -3.79. The zero-order valence-corrected chi connectivity index (χ0v) is 16.1. The Morgan fingerprint density at radius 3 is 2.53 bits per heavy atom. The number of aromatic nitrogens is 3. The summed E-state index contributed by atoms with van der Waals surface area (Å²) in [6.07, 6.45) is 1.72. The van der Waals surface area contributed by atoms with Crippen LogP contribution in [0.5, 0.6) is 0 Å². The predicted molar refractivity (Wildman–Crippen MR) is 108 cm³/mol. The highest BCUT2D eigenvalue weighted by Crippen LogP contribution is 2.16. The van der Waals surface area contributed by atoms with E-state index in [1.807, 2.05) is 36.4 Å². The van der Waals surface area contributed by atoms with Crippen molar-refractivity contribution < 1.29 is 18.7 Å². The average molecular weight is 408 g/mol. The number of rotatable bonds is 6. The molecule has 1 fully saturated rings. The summed E-state index contributed by atoms with van der Waals surface area (Å²) in [5.74, 6) is -0.355. The van der Waals surface area contributed by atoms with Crippen molar-refractivity contribution in [3.63, 3.8) is 0 Å². The minimum Gasteiger partial charge on any atom is -0.399 e. The van der Waals surface area contributed by atoms with E-state index in [2.05, 4.69) is 30.7 Å². The molecule has 154 valence electrons. The molecule has 2 aromatic heterocycles. The highest BCUT2D eigenvalue weighted by Gasteiger charge is 2.17. The molecule has 3 aromatic rings. The second kappa shape index (κ2) is 9.14. The van der Waals surface area contributed by atoms with Crippen molar-refractivity contribution in [2.24, 2.45) is 0 Å². The number of carbonyl (C=O) groups excluding carboxylic acids is 2. The monoisotopic (exact) mass is 408 g/mol. The van der Waals surface area contributed by atoms with Crippen LogP contribution in [0, 0.1) is 0 Å². The number of pyridine rings is 1. The molecule has 1 aliphatic rings. The van der Waals surface area contributed by atoms with Crippen molar-refractivity contribution >= 4 is 29.3 Å². The van der Waals surface area contributed by atoms with Crippen molar-refractivity contribution in [3.8, 4) is 0 Å². The molecule has 0 atom stereocenters. The Morgan fingerprint density at radius 2 is 1.80 bits per heavy atom. The highest BCUT2D eigenvalue weighted by molar-refractivity contribution is 6.01. The molecule has 2 N–H and O–H groups in total. The molecule has 0 radical (unpaired) electrons. The van der Waals surface area contributed by atoms with Crippen LogP contribution in [0.2, 0.25) is 0 Å². The fourth-order valence-corrected chi connectivity index (χ4v) is 2.93. The number of morpholine rings is 1. The van der Waals surface area contributed by atoms with Gasteiger partial charge in [-0.2, -0.15) is 0 Å². The van der Waals surface area contributed by atoms with Crippen LogP contribution in [0.3, 0.4) is 0 Å². The molecular weight excluding hydrogens is 388 g/mol. The molecule has 4 rings (SSSR count). The van der Waals surface area contributed by atoms with Gasteiger partial charge in [-0.1, -0.05) is 35.4 Å². The van der Waals surface area contributed by atoms with Crippen LogP contribution in [0.25, 0.3) is 0 Å².